The fourth-order valence-electron chi connectivity index (χ4n) is 3.23. The molecule has 1 saturated heterocycles. The fourth-order valence-corrected chi connectivity index (χ4v) is 3.41. The van der Waals surface area contributed by atoms with Crippen LogP contribution in [0.1, 0.15) is 25.3 Å². The Morgan fingerprint density at radius 3 is 2.61 bits per heavy atom. The van der Waals surface area contributed by atoms with Gasteiger partial charge in [-0.25, -0.2) is 8.78 Å². The predicted octanol–water partition coefficient (Wildman–Crippen LogP) is 4.17. The Morgan fingerprint density at radius 2 is 1.93 bits per heavy atom. The van der Waals surface area contributed by atoms with Crippen molar-refractivity contribution in [1.29, 1.82) is 0 Å². The molecule has 0 radical (unpaired) electrons. The van der Waals surface area contributed by atoms with Gasteiger partial charge >= 0.3 is 0 Å². The van der Waals surface area contributed by atoms with E-state index in [1.54, 1.807) is 37.3 Å². The third kappa shape index (κ3) is 5.42. The van der Waals surface area contributed by atoms with Crippen LogP contribution in [0.15, 0.2) is 42.5 Å². The number of likely N-dealkylation sites (tertiary alicyclic amines) is 1. The highest BCUT2D eigenvalue weighted by Crippen LogP contribution is 2.24. The van der Waals surface area contributed by atoms with E-state index in [0.29, 0.717) is 17.3 Å². The first kappa shape index (κ1) is 20.6. The lowest BCUT2D eigenvalue weighted by molar-refractivity contribution is -0.128. The van der Waals surface area contributed by atoms with Crippen LogP contribution in [0, 0.1) is 11.6 Å². The average Bonchev–Trinajstić information content (AvgIpc) is 2.68. The lowest BCUT2D eigenvalue weighted by Crippen LogP contribution is -2.47. The number of benzene rings is 2. The number of para-hydroxylation sites is 1. The Hall–Kier alpha value is -2.18. The normalized spacial score (nSPS) is 16.6. The van der Waals surface area contributed by atoms with Gasteiger partial charge in [0.15, 0.2) is 17.7 Å². The maximum Gasteiger partial charge on any atom is 0.260 e. The van der Waals surface area contributed by atoms with E-state index in [2.05, 4.69) is 10.2 Å². The van der Waals surface area contributed by atoms with Crippen molar-refractivity contribution in [2.45, 2.75) is 38.5 Å². The number of rotatable bonds is 6. The Bertz CT molecular complexity index is 826. The molecule has 1 aliphatic rings. The van der Waals surface area contributed by atoms with E-state index < -0.39 is 17.7 Å². The largest absolute Gasteiger partial charge is 0.479 e. The van der Waals surface area contributed by atoms with Crippen LogP contribution in [0.2, 0.25) is 5.02 Å². The summed E-state index contributed by atoms with van der Waals surface area (Å²) in [5.41, 5.74) is 0.739. The van der Waals surface area contributed by atoms with Gasteiger partial charge in [-0.3, -0.25) is 9.69 Å². The summed E-state index contributed by atoms with van der Waals surface area (Å²) < 4.78 is 32.0. The van der Waals surface area contributed by atoms with Crippen LogP contribution in [0.3, 0.4) is 0 Å². The third-order valence-corrected chi connectivity index (χ3v) is 5.15. The van der Waals surface area contributed by atoms with Crippen LogP contribution >= 0.6 is 11.6 Å². The minimum atomic E-state index is -0.835. The zero-order chi connectivity index (χ0) is 20.1. The molecule has 2 aromatic rings. The summed E-state index contributed by atoms with van der Waals surface area (Å²) in [6, 6.07) is 11.1. The van der Waals surface area contributed by atoms with Crippen molar-refractivity contribution in [2.24, 2.45) is 0 Å². The van der Waals surface area contributed by atoms with Gasteiger partial charge in [0.1, 0.15) is 5.75 Å². The molecule has 0 aromatic heterocycles. The smallest absolute Gasteiger partial charge is 0.260 e. The Morgan fingerprint density at radius 1 is 1.21 bits per heavy atom. The van der Waals surface area contributed by atoms with Gasteiger partial charge in [0.2, 0.25) is 0 Å². The molecule has 1 heterocycles. The summed E-state index contributed by atoms with van der Waals surface area (Å²) in [7, 11) is 0. The number of hydrogen-bond acceptors (Lipinski definition) is 3. The molecule has 4 nitrogen and oxygen atoms in total. The Kier molecular flexibility index (Phi) is 6.86. The first-order valence-corrected chi connectivity index (χ1v) is 9.68. The molecule has 3 rings (SSSR count). The van der Waals surface area contributed by atoms with E-state index in [4.69, 9.17) is 16.3 Å². The van der Waals surface area contributed by atoms with Gasteiger partial charge < -0.3 is 10.1 Å². The molecule has 1 atom stereocenters. The number of ether oxygens (including phenoxy) is 1. The van der Waals surface area contributed by atoms with Gasteiger partial charge in [-0.1, -0.05) is 29.8 Å². The fraction of sp³-hybridized carbons (Fsp3) is 0.381. The number of nitrogens with zero attached hydrogens (tertiary/aromatic N) is 1. The van der Waals surface area contributed by atoms with Crippen LogP contribution in [0.4, 0.5) is 8.78 Å². The topological polar surface area (TPSA) is 41.6 Å². The minimum absolute atomic E-state index is 0.0611. The van der Waals surface area contributed by atoms with Crippen LogP contribution < -0.4 is 10.1 Å². The van der Waals surface area contributed by atoms with Crippen LogP contribution in [-0.2, 0) is 11.3 Å². The van der Waals surface area contributed by atoms with E-state index in [0.717, 1.165) is 37.6 Å². The van der Waals surface area contributed by atoms with Crippen molar-refractivity contribution in [3.05, 3.63) is 64.7 Å². The van der Waals surface area contributed by atoms with E-state index >= 15 is 0 Å². The first-order valence-electron chi connectivity index (χ1n) is 9.30. The number of piperidine rings is 1. The zero-order valence-corrected chi connectivity index (χ0v) is 16.4. The van der Waals surface area contributed by atoms with E-state index in [1.165, 1.54) is 6.07 Å². The number of hydrogen-bond donors (Lipinski definition) is 1. The number of nitrogens with one attached hydrogen (secondary N) is 1. The number of carbonyl (C=O) groups is 1. The molecule has 0 saturated carbocycles. The molecular weight excluding hydrogens is 386 g/mol. The van der Waals surface area contributed by atoms with E-state index in [9.17, 15) is 13.6 Å². The molecule has 0 bridgehead atoms. The lowest BCUT2D eigenvalue weighted by Gasteiger charge is -2.32. The van der Waals surface area contributed by atoms with Crippen LogP contribution in [0.5, 0.6) is 5.75 Å². The molecular formula is C21H23ClF2N2O2. The summed E-state index contributed by atoms with van der Waals surface area (Å²) in [6.07, 6.45) is 0.919. The van der Waals surface area contributed by atoms with E-state index in [1.807, 2.05) is 0 Å². The molecule has 0 aliphatic carbocycles. The molecule has 7 heteroatoms. The van der Waals surface area contributed by atoms with Gasteiger partial charge in [0.25, 0.3) is 5.91 Å². The zero-order valence-electron chi connectivity index (χ0n) is 15.6. The van der Waals surface area contributed by atoms with E-state index in [-0.39, 0.29) is 11.9 Å². The Labute approximate surface area is 168 Å². The SMILES string of the molecule is CC(Oc1ccccc1Cl)C(=O)NC1CCN(Cc2ccc(F)c(F)c2)CC1. The summed E-state index contributed by atoms with van der Waals surface area (Å²) in [4.78, 5) is 14.6. The molecule has 150 valence electrons. The summed E-state index contributed by atoms with van der Waals surface area (Å²) >= 11 is 6.06. The number of halogens is 3. The first-order chi connectivity index (χ1) is 13.4. The molecule has 1 N–H and O–H groups in total. The maximum atomic E-state index is 13.3. The summed E-state index contributed by atoms with van der Waals surface area (Å²) in [6.45, 7) is 3.79. The van der Waals surface area contributed by atoms with Gasteiger partial charge in [0, 0.05) is 25.7 Å². The monoisotopic (exact) mass is 408 g/mol. The predicted molar refractivity (Wildman–Crippen MR) is 104 cm³/mol. The second kappa shape index (κ2) is 9.34. The number of amides is 1. The molecule has 1 unspecified atom stereocenters. The van der Waals surface area contributed by atoms with Gasteiger partial charge in [-0.15, -0.1) is 0 Å². The molecule has 1 fully saturated rings. The van der Waals surface area contributed by atoms with Crippen molar-refractivity contribution >= 4 is 17.5 Å². The van der Waals surface area contributed by atoms with Crippen molar-refractivity contribution in [2.75, 3.05) is 13.1 Å². The number of carbonyl (C=O) groups excluding carboxylic acids is 1. The van der Waals surface area contributed by atoms with Crippen LogP contribution in [-0.4, -0.2) is 36.0 Å². The van der Waals surface area contributed by atoms with Crippen molar-refractivity contribution in [3.63, 3.8) is 0 Å². The maximum absolute atomic E-state index is 13.3. The standard InChI is InChI=1S/C21H23ClF2N2O2/c1-14(28-20-5-3-2-4-17(20)22)21(27)25-16-8-10-26(11-9-16)13-15-6-7-18(23)19(24)12-15/h2-7,12,14,16H,8-11,13H2,1H3,(H,25,27). The Balaban J connectivity index is 1.45. The highest BCUT2D eigenvalue weighted by molar-refractivity contribution is 6.32. The second-order valence-electron chi connectivity index (χ2n) is 7.00. The van der Waals surface area contributed by atoms with Crippen LogP contribution in [0.25, 0.3) is 0 Å². The second-order valence-corrected chi connectivity index (χ2v) is 7.41. The third-order valence-electron chi connectivity index (χ3n) is 4.83. The van der Waals surface area contributed by atoms with Gasteiger partial charge in [-0.2, -0.15) is 0 Å². The molecule has 28 heavy (non-hydrogen) atoms. The summed E-state index contributed by atoms with van der Waals surface area (Å²) in [5, 5.41) is 3.48. The highest BCUT2D eigenvalue weighted by atomic mass is 35.5. The summed E-state index contributed by atoms with van der Waals surface area (Å²) in [5.74, 6) is -1.36. The highest BCUT2D eigenvalue weighted by Gasteiger charge is 2.24. The van der Waals surface area contributed by atoms with Crippen molar-refractivity contribution in [3.8, 4) is 5.75 Å². The lowest BCUT2D eigenvalue weighted by atomic mass is 10.0. The molecule has 1 amide bonds. The van der Waals surface area contributed by atoms with Gasteiger partial charge in [0.05, 0.1) is 5.02 Å². The van der Waals surface area contributed by atoms with Crippen molar-refractivity contribution in [1.82, 2.24) is 10.2 Å². The molecule has 0 spiro atoms. The quantitative estimate of drug-likeness (QED) is 0.780. The van der Waals surface area contributed by atoms with Crippen molar-refractivity contribution < 1.29 is 18.3 Å². The van der Waals surface area contributed by atoms with Gasteiger partial charge in [-0.05, 0) is 49.6 Å². The average molecular weight is 409 g/mol. The molecule has 1 aliphatic heterocycles. The molecule has 2 aromatic carbocycles. The minimum Gasteiger partial charge on any atom is -0.479 e.